The number of hydrogen-bond donors (Lipinski definition) is 1. The van der Waals surface area contributed by atoms with E-state index in [-0.39, 0.29) is 29.8 Å². The van der Waals surface area contributed by atoms with Crippen molar-refractivity contribution in [3.05, 3.63) is 24.0 Å². The zero-order chi connectivity index (χ0) is 13.6. The van der Waals surface area contributed by atoms with E-state index in [9.17, 15) is 18.0 Å². The van der Waals surface area contributed by atoms with Crippen molar-refractivity contribution in [3.8, 4) is 0 Å². The van der Waals surface area contributed by atoms with Gasteiger partial charge < -0.3 is 10.1 Å². The second-order valence-electron chi connectivity index (χ2n) is 3.14. The summed E-state index contributed by atoms with van der Waals surface area (Å²) in [7, 11) is 1.23. The van der Waals surface area contributed by atoms with Crippen LogP contribution in [0.15, 0.2) is 18.3 Å². The molecular formula is C10H11F3N2O2S. The van der Waals surface area contributed by atoms with Crippen LogP contribution in [0.25, 0.3) is 0 Å². The molecule has 8 heteroatoms. The number of carbonyl (C=O) groups excluding carboxylic acids is 1. The Hall–Kier alpha value is -1.44. The number of methoxy groups -OCH3 is 1. The standard InChI is InChI=1S/C10H11F3N2O2S/c1-17-9(16)8-6-7(2-3-15-8)14-4-5-18-10(11,12)13/h2-3,6H,4-5H2,1H3,(H,14,15). The van der Waals surface area contributed by atoms with Crippen LogP contribution in [0.4, 0.5) is 18.9 Å². The van der Waals surface area contributed by atoms with Crippen molar-refractivity contribution in [1.82, 2.24) is 4.98 Å². The van der Waals surface area contributed by atoms with E-state index < -0.39 is 11.5 Å². The maximum atomic E-state index is 11.9. The van der Waals surface area contributed by atoms with Gasteiger partial charge in [0.1, 0.15) is 5.69 Å². The first-order valence-electron chi connectivity index (χ1n) is 4.91. The molecule has 0 amide bonds. The first-order chi connectivity index (χ1) is 8.42. The van der Waals surface area contributed by atoms with Gasteiger partial charge in [0, 0.05) is 24.2 Å². The Labute approximate surface area is 106 Å². The number of hydrogen-bond acceptors (Lipinski definition) is 5. The highest BCUT2D eigenvalue weighted by molar-refractivity contribution is 8.00. The second kappa shape index (κ2) is 6.48. The number of thioether (sulfide) groups is 1. The van der Waals surface area contributed by atoms with Crippen molar-refractivity contribution in [2.24, 2.45) is 0 Å². The van der Waals surface area contributed by atoms with E-state index in [2.05, 4.69) is 15.0 Å². The van der Waals surface area contributed by atoms with Gasteiger partial charge in [0.15, 0.2) is 0 Å². The molecule has 0 aliphatic heterocycles. The van der Waals surface area contributed by atoms with Gasteiger partial charge in [-0.15, -0.1) is 0 Å². The number of pyridine rings is 1. The molecule has 0 bridgehead atoms. The number of nitrogens with one attached hydrogen (secondary N) is 1. The number of esters is 1. The fourth-order valence-electron chi connectivity index (χ4n) is 1.12. The maximum Gasteiger partial charge on any atom is 0.441 e. The molecule has 0 radical (unpaired) electrons. The number of halogens is 3. The zero-order valence-electron chi connectivity index (χ0n) is 9.45. The van der Waals surface area contributed by atoms with Gasteiger partial charge in [0.05, 0.1) is 7.11 Å². The van der Waals surface area contributed by atoms with Gasteiger partial charge in [-0.3, -0.25) is 0 Å². The van der Waals surface area contributed by atoms with E-state index in [1.54, 1.807) is 6.07 Å². The molecule has 0 fully saturated rings. The van der Waals surface area contributed by atoms with Crippen LogP contribution in [0, 0.1) is 0 Å². The van der Waals surface area contributed by atoms with Crippen LogP contribution in [0.3, 0.4) is 0 Å². The van der Waals surface area contributed by atoms with Gasteiger partial charge in [-0.25, -0.2) is 9.78 Å². The summed E-state index contributed by atoms with van der Waals surface area (Å²) in [5.74, 6) is -0.706. The molecule has 18 heavy (non-hydrogen) atoms. The Morgan fingerprint density at radius 2 is 2.28 bits per heavy atom. The van der Waals surface area contributed by atoms with Crippen LogP contribution in [-0.2, 0) is 4.74 Å². The Balaban J connectivity index is 2.45. The molecule has 0 saturated heterocycles. The Morgan fingerprint density at radius 3 is 2.89 bits per heavy atom. The average Bonchev–Trinajstić information content (AvgIpc) is 2.33. The summed E-state index contributed by atoms with van der Waals surface area (Å²) in [5.41, 5.74) is -3.60. The lowest BCUT2D eigenvalue weighted by Gasteiger charge is -2.08. The summed E-state index contributed by atoms with van der Waals surface area (Å²) in [6.45, 7) is 0.134. The van der Waals surface area contributed by atoms with Crippen LogP contribution < -0.4 is 5.32 Å². The summed E-state index contributed by atoms with van der Waals surface area (Å²) in [4.78, 5) is 14.9. The largest absolute Gasteiger partial charge is 0.464 e. The van der Waals surface area contributed by atoms with Crippen LogP contribution >= 0.6 is 11.8 Å². The number of anilines is 1. The van der Waals surface area contributed by atoms with E-state index in [0.717, 1.165) is 0 Å². The predicted molar refractivity (Wildman–Crippen MR) is 62.6 cm³/mol. The number of aromatic nitrogens is 1. The average molecular weight is 280 g/mol. The van der Waals surface area contributed by atoms with Crippen molar-refractivity contribution < 1.29 is 22.7 Å². The summed E-state index contributed by atoms with van der Waals surface area (Å²) in [6.07, 6.45) is 1.38. The highest BCUT2D eigenvalue weighted by Crippen LogP contribution is 2.29. The third kappa shape index (κ3) is 5.26. The Kier molecular flexibility index (Phi) is 5.26. The monoisotopic (exact) mass is 280 g/mol. The molecule has 1 rings (SSSR count). The van der Waals surface area contributed by atoms with Crippen LogP contribution in [0.1, 0.15) is 10.5 Å². The third-order valence-electron chi connectivity index (χ3n) is 1.85. The fourth-order valence-corrected chi connectivity index (χ4v) is 1.55. The minimum absolute atomic E-state index is 0.102. The molecule has 1 aromatic heterocycles. The number of rotatable bonds is 5. The zero-order valence-corrected chi connectivity index (χ0v) is 10.3. The minimum atomic E-state index is -4.23. The first-order valence-corrected chi connectivity index (χ1v) is 5.90. The summed E-state index contributed by atoms with van der Waals surface area (Å²) in [6, 6.07) is 2.98. The first kappa shape index (κ1) is 14.6. The van der Waals surface area contributed by atoms with Crippen molar-refractivity contribution in [2.45, 2.75) is 5.51 Å². The molecule has 0 aromatic carbocycles. The van der Waals surface area contributed by atoms with E-state index in [1.165, 1.54) is 19.4 Å². The van der Waals surface area contributed by atoms with E-state index >= 15 is 0 Å². The molecule has 0 unspecified atom stereocenters. The topological polar surface area (TPSA) is 51.2 Å². The van der Waals surface area contributed by atoms with Crippen LogP contribution in [0.5, 0.6) is 0 Å². The fraction of sp³-hybridized carbons (Fsp3) is 0.400. The van der Waals surface area contributed by atoms with E-state index in [4.69, 9.17) is 0 Å². The second-order valence-corrected chi connectivity index (χ2v) is 4.30. The summed E-state index contributed by atoms with van der Waals surface area (Å²) in [5, 5.41) is 2.77. The van der Waals surface area contributed by atoms with Crippen molar-refractivity contribution in [2.75, 3.05) is 24.7 Å². The molecule has 4 nitrogen and oxygen atoms in total. The Morgan fingerprint density at radius 1 is 1.56 bits per heavy atom. The molecular weight excluding hydrogens is 269 g/mol. The maximum absolute atomic E-state index is 11.9. The van der Waals surface area contributed by atoms with Gasteiger partial charge >= 0.3 is 11.5 Å². The molecule has 100 valence electrons. The minimum Gasteiger partial charge on any atom is -0.464 e. The molecule has 0 saturated carbocycles. The van der Waals surface area contributed by atoms with Gasteiger partial charge in [-0.1, -0.05) is 0 Å². The molecule has 0 spiro atoms. The van der Waals surface area contributed by atoms with Gasteiger partial charge in [0.25, 0.3) is 0 Å². The van der Waals surface area contributed by atoms with Crippen LogP contribution in [0.2, 0.25) is 0 Å². The number of ether oxygens (including phenoxy) is 1. The molecule has 0 aliphatic rings. The van der Waals surface area contributed by atoms with Gasteiger partial charge in [0.2, 0.25) is 0 Å². The van der Waals surface area contributed by atoms with Gasteiger partial charge in [-0.2, -0.15) is 13.2 Å². The molecule has 1 N–H and O–H groups in total. The molecule has 0 aliphatic carbocycles. The molecule has 1 heterocycles. The van der Waals surface area contributed by atoms with Crippen molar-refractivity contribution in [1.29, 1.82) is 0 Å². The third-order valence-corrected chi connectivity index (χ3v) is 2.59. The lowest BCUT2D eigenvalue weighted by Crippen LogP contribution is -2.10. The Bertz CT molecular complexity index is 412. The highest BCUT2D eigenvalue weighted by atomic mass is 32.2. The van der Waals surface area contributed by atoms with Crippen molar-refractivity contribution in [3.63, 3.8) is 0 Å². The SMILES string of the molecule is COC(=O)c1cc(NCCSC(F)(F)F)ccn1. The number of nitrogens with zero attached hydrogens (tertiary/aromatic N) is 1. The van der Waals surface area contributed by atoms with E-state index in [1.807, 2.05) is 0 Å². The molecule has 1 aromatic rings. The smallest absolute Gasteiger partial charge is 0.441 e. The lowest BCUT2D eigenvalue weighted by atomic mass is 10.3. The quantitative estimate of drug-likeness (QED) is 0.663. The van der Waals surface area contributed by atoms with Gasteiger partial charge in [-0.05, 0) is 23.9 Å². The lowest BCUT2D eigenvalue weighted by molar-refractivity contribution is -0.0327. The van der Waals surface area contributed by atoms with Crippen LogP contribution in [-0.4, -0.2) is 35.9 Å². The van der Waals surface area contributed by atoms with Crippen molar-refractivity contribution >= 4 is 23.4 Å². The summed E-state index contributed by atoms with van der Waals surface area (Å²) >= 11 is -0.102. The molecule has 0 atom stereocenters. The summed E-state index contributed by atoms with van der Waals surface area (Å²) < 4.78 is 40.1. The number of carbonyl (C=O) groups is 1. The highest BCUT2D eigenvalue weighted by Gasteiger charge is 2.27. The number of alkyl halides is 3. The normalized spacial score (nSPS) is 11.1. The predicted octanol–water partition coefficient (Wildman–Crippen LogP) is 2.53. The van der Waals surface area contributed by atoms with E-state index in [0.29, 0.717) is 5.69 Å².